The minimum Gasteiger partial charge on any atom is -0.740 e. The van der Waals surface area contributed by atoms with E-state index < -0.39 is 26.8 Å². The molecule has 1 aliphatic heterocycles. The average molecular weight is 486 g/mol. The van der Waals surface area contributed by atoms with Crippen LogP contribution >= 0.6 is 0 Å². The van der Waals surface area contributed by atoms with Crippen molar-refractivity contribution in [3.05, 3.63) is 51.4 Å². The van der Waals surface area contributed by atoms with Crippen LogP contribution in [0.2, 0.25) is 0 Å². The summed E-state index contributed by atoms with van der Waals surface area (Å²) in [7, 11) is -4.86. The summed E-state index contributed by atoms with van der Waals surface area (Å²) in [5.41, 5.74) is 4.88. The van der Waals surface area contributed by atoms with Crippen LogP contribution in [-0.2, 0) is 40.6 Å². The quantitative estimate of drug-likeness (QED) is 0.640. The van der Waals surface area contributed by atoms with Crippen molar-refractivity contribution in [3.8, 4) is 6.07 Å². The molecule has 180 valence electrons. The predicted molar refractivity (Wildman–Crippen MR) is 123 cm³/mol. The van der Waals surface area contributed by atoms with Gasteiger partial charge in [-0.25, -0.2) is 9.10 Å². The van der Waals surface area contributed by atoms with Crippen molar-refractivity contribution in [1.82, 2.24) is 4.47 Å². The largest absolute Gasteiger partial charge is 0.740 e. The summed E-state index contributed by atoms with van der Waals surface area (Å²) in [6, 6.07) is 4.71. The number of ether oxygens (including phenoxy) is 1. The molecule has 2 aliphatic carbocycles. The smallest absolute Gasteiger partial charge is 0.326 e. The standard InChI is InChI=1S/C23H25N4O6S/c24-14-18-7-8-21(33-18)26(17-9-11-32-12-10-17)34(30,31)27(29)23(28)25-22-19-5-1-3-15(19)13-16-4-2-6-20(16)22/h7-8,13,17H,1-6,9-12H2,(H,25,28)/q-1. The molecule has 1 saturated heterocycles. The first kappa shape index (κ1) is 22.7. The van der Waals surface area contributed by atoms with E-state index in [0.29, 0.717) is 31.7 Å². The number of carbonyl (C=O) groups is 1. The average Bonchev–Trinajstić information content (AvgIpc) is 3.59. The summed E-state index contributed by atoms with van der Waals surface area (Å²) in [6.45, 7) is 0.603. The molecule has 0 radical (unpaired) electrons. The van der Waals surface area contributed by atoms with Gasteiger partial charge in [-0.15, -0.1) is 0 Å². The second-order valence-electron chi connectivity index (χ2n) is 8.79. The Bertz CT molecular complexity index is 1230. The van der Waals surface area contributed by atoms with E-state index in [1.54, 1.807) is 6.07 Å². The number of nitrogens with zero attached hydrogens (tertiary/aromatic N) is 3. The maximum Gasteiger partial charge on any atom is 0.326 e. The molecule has 1 N–H and O–H groups in total. The SMILES string of the molecule is N#Cc1ccc(N(C2CCOCC2)S(=O)(=O)N([O-])C(=O)Nc2c3c(cc4c2CCC4)CCC3)o1. The molecule has 0 saturated carbocycles. The van der Waals surface area contributed by atoms with Crippen molar-refractivity contribution in [3.63, 3.8) is 0 Å². The molecule has 0 spiro atoms. The summed E-state index contributed by atoms with van der Waals surface area (Å²) in [5.74, 6) is -0.279. The number of hydroxylamine groups is 1. The van der Waals surface area contributed by atoms with Gasteiger partial charge in [-0.05, 0) is 79.7 Å². The van der Waals surface area contributed by atoms with Crippen LogP contribution in [0.1, 0.15) is 53.7 Å². The number of amides is 2. The van der Waals surface area contributed by atoms with Crippen molar-refractivity contribution in [2.24, 2.45) is 0 Å². The number of rotatable bonds is 5. The van der Waals surface area contributed by atoms with E-state index in [4.69, 9.17) is 14.4 Å². The number of aryl methyl sites for hydroxylation is 2. The zero-order valence-corrected chi connectivity index (χ0v) is 19.4. The molecular formula is C23H25N4O6S-. The molecule has 0 bridgehead atoms. The van der Waals surface area contributed by atoms with E-state index in [-0.39, 0.29) is 11.6 Å². The lowest BCUT2D eigenvalue weighted by Gasteiger charge is -2.38. The van der Waals surface area contributed by atoms with Crippen LogP contribution < -0.4 is 9.62 Å². The molecule has 0 atom stereocenters. The van der Waals surface area contributed by atoms with Gasteiger partial charge in [0, 0.05) is 25.0 Å². The lowest BCUT2D eigenvalue weighted by Crippen LogP contribution is -2.51. The van der Waals surface area contributed by atoms with Crippen LogP contribution in [0.5, 0.6) is 0 Å². The van der Waals surface area contributed by atoms with Crippen molar-refractivity contribution in [2.45, 2.75) is 57.4 Å². The summed E-state index contributed by atoms with van der Waals surface area (Å²) < 4.78 is 37.8. The number of nitriles is 1. The fourth-order valence-corrected chi connectivity index (χ4v) is 6.54. The predicted octanol–water partition coefficient (Wildman–Crippen LogP) is 3.39. The zero-order valence-electron chi connectivity index (χ0n) is 18.6. The zero-order chi connectivity index (χ0) is 23.9. The van der Waals surface area contributed by atoms with E-state index >= 15 is 0 Å². The third kappa shape index (κ3) is 3.91. The van der Waals surface area contributed by atoms with Crippen LogP contribution in [0, 0.1) is 16.5 Å². The van der Waals surface area contributed by atoms with Crippen LogP contribution in [0.15, 0.2) is 22.6 Å². The van der Waals surface area contributed by atoms with Gasteiger partial charge < -0.3 is 19.7 Å². The maximum atomic E-state index is 13.4. The van der Waals surface area contributed by atoms with Gasteiger partial charge >= 0.3 is 16.2 Å². The third-order valence-corrected chi connectivity index (χ3v) is 8.33. The van der Waals surface area contributed by atoms with Crippen molar-refractivity contribution in [2.75, 3.05) is 22.8 Å². The Morgan fingerprint density at radius 2 is 1.74 bits per heavy atom. The number of hydrogen-bond donors (Lipinski definition) is 1. The number of fused-ring (bicyclic) bond motifs is 2. The molecule has 3 aliphatic rings. The second-order valence-corrected chi connectivity index (χ2v) is 10.4. The monoisotopic (exact) mass is 485 g/mol. The van der Waals surface area contributed by atoms with Gasteiger partial charge in [0.15, 0.2) is 0 Å². The highest BCUT2D eigenvalue weighted by atomic mass is 32.2. The second kappa shape index (κ2) is 8.94. The number of furan rings is 1. The molecule has 2 heterocycles. The summed E-state index contributed by atoms with van der Waals surface area (Å²) in [6.07, 6.45) is 5.91. The molecule has 5 rings (SSSR count). The Morgan fingerprint density at radius 1 is 1.09 bits per heavy atom. The lowest BCUT2D eigenvalue weighted by molar-refractivity contribution is 0.0868. The van der Waals surface area contributed by atoms with Crippen molar-refractivity contribution >= 4 is 27.8 Å². The van der Waals surface area contributed by atoms with Crippen molar-refractivity contribution in [1.29, 1.82) is 5.26 Å². The van der Waals surface area contributed by atoms with Gasteiger partial charge in [0.05, 0.1) is 6.04 Å². The molecule has 1 aromatic heterocycles. The molecule has 11 heteroatoms. The van der Waals surface area contributed by atoms with E-state index in [9.17, 15) is 18.4 Å². The first-order valence-corrected chi connectivity index (χ1v) is 12.9. The number of urea groups is 1. The summed E-state index contributed by atoms with van der Waals surface area (Å²) >= 11 is 0. The van der Waals surface area contributed by atoms with Gasteiger partial charge in [0.25, 0.3) is 0 Å². The molecule has 34 heavy (non-hydrogen) atoms. The Balaban J connectivity index is 1.46. The molecule has 1 aromatic carbocycles. The number of benzene rings is 1. The van der Waals surface area contributed by atoms with Gasteiger partial charge in [-0.3, -0.25) is 4.47 Å². The molecule has 2 aromatic rings. The van der Waals surface area contributed by atoms with Crippen LogP contribution in [-0.4, -0.2) is 38.2 Å². The Kier molecular flexibility index (Phi) is 5.97. The van der Waals surface area contributed by atoms with E-state index in [0.717, 1.165) is 65.1 Å². The third-order valence-electron chi connectivity index (χ3n) is 6.77. The highest BCUT2D eigenvalue weighted by molar-refractivity contribution is 7.91. The topological polar surface area (TPSA) is 139 Å². The summed E-state index contributed by atoms with van der Waals surface area (Å²) in [4.78, 5) is 13.0. The highest BCUT2D eigenvalue weighted by Crippen LogP contribution is 2.39. The minimum absolute atomic E-state index is 0.0976. The number of anilines is 2. The highest BCUT2D eigenvalue weighted by Gasteiger charge is 2.37. The fourth-order valence-electron chi connectivity index (χ4n) is 5.21. The number of carbonyl (C=O) groups excluding carboxylic acids is 1. The van der Waals surface area contributed by atoms with Crippen LogP contribution in [0.4, 0.5) is 16.4 Å². The Hall–Kier alpha value is -3.07. The van der Waals surface area contributed by atoms with Gasteiger partial charge in [-0.2, -0.15) is 13.7 Å². The van der Waals surface area contributed by atoms with E-state index in [1.165, 1.54) is 12.1 Å². The van der Waals surface area contributed by atoms with E-state index in [1.807, 2.05) is 0 Å². The Morgan fingerprint density at radius 3 is 2.32 bits per heavy atom. The van der Waals surface area contributed by atoms with Gasteiger partial charge in [0.1, 0.15) is 6.07 Å². The number of nitrogens with one attached hydrogen (secondary N) is 1. The molecular weight excluding hydrogens is 460 g/mol. The number of hydrogen-bond acceptors (Lipinski definition) is 7. The molecule has 10 nitrogen and oxygen atoms in total. The van der Waals surface area contributed by atoms with Gasteiger partial charge in [0.2, 0.25) is 11.6 Å². The molecule has 1 fully saturated rings. The van der Waals surface area contributed by atoms with Crippen LogP contribution in [0.25, 0.3) is 0 Å². The van der Waals surface area contributed by atoms with E-state index in [2.05, 4.69) is 11.4 Å². The normalized spacial score (nSPS) is 17.6. The van der Waals surface area contributed by atoms with Gasteiger partial charge in [-0.1, -0.05) is 6.07 Å². The maximum absolute atomic E-state index is 13.4. The Labute approximate surface area is 197 Å². The lowest BCUT2D eigenvalue weighted by atomic mass is 9.99. The fraction of sp³-hybridized carbons (Fsp3) is 0.478. The molecule has 0 unspecified atom stereocenters. The first-order chi connectivity index (χ1) is 16.4. The molecule has 2 amide bonds. The first-order valence-electron chi connectivity index (χ1n) is 11.5. The van der Waals surface area contributed by atoms with Crippen LogP contribution in [0.3, 0.4) is 0 Å². The summed E-state index contributed by atoms with van der Waals surface area (Å²) in [5, 5.41) is 24.8. The van der Waals surface area contributed by atoms with Crippen molar-refractivity contribution < 1.29 is 22.4 Å². The minimum atomic E-state index is -4.86.